The number of ketones is 2. The van der Waals surface area contributed by atoms with E-state index < -0.39 is 5.92 Å². The fourth-order valence-corrected chi connectivity index (χ4v) is 7.09. The van der Waals surface area contributed by atoms with Crippen molar-refractivity contribution in [3.05, 3.63) is 68.1 Å². The summed E-state index contributed by atoms with van der Waals surface area (Å²) in [7, 11) is 3.78. The molecule has 1 heterocycles. The highest BCUT2D eigenvalue weighted by atomic mass is 79.9. The first-order valence-electron chi connectivity index (χ1n) is 12.3. The van der Waals surface area contributed by atoms with E-state index in [1.54, 1.807) is 23.5 Å². The molecule has 1 unspecified atom stereocenters. The highest BCUT2D eigenvalue weighted by Gasteiger charge is 2.25. The first-order chi connectivity index (χ1) is 18.7. The number of carbonyl (C=O) groups is 2. The molecule has 0 bridgehead atoms. The van der Waals surface area contributed by atoms with E-state index in [0.717, 1.165) is 54.5 Å². The van der Waals surface area contributed by atoms with E-state index in [1.165, 1.54) is 12.4 Å². The number of nitrogens with two attached hydrogens (primary N) is 2. The highest BCUT2D eigenvalue weighted by Crippen LogP contribution is 2.37. The molecule has 12 heteroatoms. The minimum absolute atomic E-state index is 0.0974. The molecule has 0 aliphatic heterocycles. The number of benzene rings is 2. The van der Waals surface area contributed by atoms with Crippen LogP contribution in [0.5, 0.6) is 0 Å². The molecule has 0 spiro atoms. The molecular weight excluding hydrogens is 664 g/mol. The second kappa shape index (κ2) is 15.2. The Kier molecular flexibility index (Phi) is 12.3. The summed E-state index contributed by atoms with van der Waals surface area (Å²) in [5.41, 5.74) is 15.8. The molecule has 0 radical (unpaired) electrons. The van der Waals surface area contributed by atoms with Crippen LogP contribution in [0.25, 0.3) is 0 Å². The van der Waals surface area contributed by atoms with Gasteiger partial charge >= 0.3 is 0 Å². The zero-order valence-electron chi connectivity index (χ0n) is 22.0. The molecule has 0 fully saturated rings. The van der Waals surface area contributed by atoms with Gasteiger partial charge in [0.25, 0.3) is 0 Å². The number of hydrogen-bond acceptors (Lipinski definition) is 10. The third-order valence-electron chi connectivity index (χ3n) is 5.88. The van der Waals surface area contributed by atoms with Crippen LogP contribution in [0.1, 0.15) is 44.9 Å². The van der Waals surface area contributed by atoms with Gasteiger partial charge in [0, 0.05) is 67.0 Å². The van der Waals surface area contributed by atoms with Crippen molar-refractivity contribution in [1.82, 2.24) is 20.6 Å². The fourth-order valence-electron chi connectivity index (χ4n) is 3.89. The second-order valence-corrected chi connectivity index (χ2v) is 12.8. The number of Topliss-reactive ketones (excluding diaryl/α,β-unsaturated/α-hetero) is 2. The lowest BCUT2D eigenvalue weighted by atomic mass is 9.93. The number of hydrogen-bond donors (Lipinski definition) is 4. The Balaban J connectivity index is 1.86. The standard InChI is InChI=1S/C27H32Br2N6O2S2/c1-15(19-10-18(29)12-21(31)27(19)39-7-5-33-3)25(37)23-13-22(34-14-35-23)24(36)9-16-8-17(28)11-20(30)26(16)38-6-4-32-2/h8,10-15,32-33H,4-7,9,30-31H2,1-3H3. The van der Waals surface area contributed by atoms with Gasteiger partial charge in [-0.25, -0.2) is 9.97 Å². The van der Waals surface area contributed by atoms with Gasteiger partial charge in [0.2, 0.25) is 0 Å². The summed E-state index contributed by atoms with van der Waals surface area (Å²) in [6.45, 7) is 3.44. The predicted octanol–water partition coefficient (Wildman–Crippen LogP) is 5.20. The van der Waals surface area contributed by atoms with Crippen molar-refractivity contribution in [3.8, 4) is 0 Å². The Labute approximate surface area is 254 Å². The molecule has 39 heavy (non-hydrogen) atoms. The summed E-state index contributed by atoms with van der Waals surface area (Å²) in [6.07, 6.45) is 1.36. The van der Waals surface area contributed by atoms with Gasteiger partial charge in [-0.15, -0.1) is 23.5 Å². The lowest BCUT2D eigenvalue weighted by molar-refractivity contribution is 0.0960. The maximum atomic E-state index is 13.6. The molecule has 1 aromatic heterocycles. The topological polar surface area (TPSA) is 136 Å². The average Bonchev–Trinajstić information content (AvgIpc) is 2.90. The maximum absolute atomic E-state index is 13.6. The summed E-state index contributed by atoms with van der Waals surface area (Å²) < 4.78 is 1.59. The van der Waals surface area contributed by atoms with Gasteiger partial charge in [-0.05, 0) is 55.6 Å². The quantitative estimate of drug-likeness (QED) is 0.0771. The lowest BCUT2D eigenvalue weighted by Crippen LogP contribution is -2.16. The van der Waals surface area contributed by atoms with Gasteiger partial charge in [-0.2, -0.15) is 0 Å². The largest absolute Gasteiger partial charge is 0.398 e. The highest BCUT2D eigenvalue weighted by molar-refractivity contribution is 9.10. The van der Waals surface area contributed by atoms with E-state index in [0.29, 0.717) is 11.4 Å². The van der Waals surface area contributed by atoms with Gasteiger partial charge in [-0.3, -0.25) is 9.59 Å². The number of halogens is 2. The Morgan fingerprint density at radius 3 is 2.08 bits per heavy atom. The molecule has 0 saturated carbocycles. The second-order valence-electron chi connectivity index (χ2n) is 8.78. The van der Waals surface area contributed by atoms with Crippen molar-refractivity contribution in [1.29, 1.82) is 0 Å². The van der Waals surface area contributed by atoms with E-state index in [1.807, 2.05) is 45.3 Å². The Morgan fingerprint density at radius 1 is 0.872 bits per heavy atom. The molecule has 3 aromatic rings. The van der Waals surface area contributed by atoms with E-state index in [-0.39, 0.29) is 29.4 Å². The monoisotopic (exact) mass is 694 g/mol. The molecule has 3 rings (SSSR count). The summed E-state index contributed by atoms with van der Waals surface area (Å²) in [5, 5.41) is 6.24. The number of nitrogens with zero attached hydrogens (tertiary/aromatic N) is 2. The molecule has 2 aromatic carbocycles. The summed E-state index contributed by atoms with van der Waals surface area (Å²) in [6, 6.07) is 8.96. The van der Waals surface area contributed by atoms with E-state index in [4.69, 9.17) is 11.5 Å². The van der Waals surface area contributed by atoms with Gasteiger partial charge in [0.05, 0.1) is 0 Å². The van der Waals surface area contributed by atoms with Crippen LogP contribution in [0, 0.1) is 0 Å². The van der Waals surface area contributed by atoms with Crippen LogP contribution in [0.4, 0.5) is 11.4 Å². The van der Waals surface area contributed by atoms with Crippen molar-refractivity contribution in [2.75, 3.05) is 50.2 Å². The summed E-state index contributed by atoms with van der Waals surface area (Å²) in [5.74, 6) is 0.650. The van der Waals surface area contributed by atoms with E-state index in [2.05, 4.69) is 52.5 Å². The molecule has 1 atom stereocenters. The van der Waals surface area contributed by atoms with Gasteiger partial charge in [0.15, 0.2) is 11.6 Å². The molecule has 208 valence electrons. The molecule has 8 nitrogen and oxygen atoms in total. The smallest absolute Gasteiger partial charge is 0.188 e. The Bertz CT molecular complexity index is 1340. The number of aromatic nitrogens is 2. The first-order valence-corrected chi connectivity index (χ1v) is 15.8. The maximum Gasteiger partial charge on any atom is 0.188 e. The summed E-state index contributed by atoms with van der Waals surface area (Å²) >= 11 is 10.2. The zero-order chi connectivity index (χ0) is 28.5. The minimum atomic E-state index is -0.528. The number of thioether (sulfide) groups is 2. The molecule has 0 aliphatic carbocycles. The molecule has 6 N–H and O–H groups in total. The lowest BCUT2D eigenvalue weighted by Gasteiger charge is -2.18. The normalized spacial score (nSPS) is 11.9. The van der Waals surface area contributed by atoms with Crippen molar-refractivity contribution in [2.24, 2.45) is 0 Å². The number of nitrogens with one attached hydrogen (secondary N) is 2. The van der Waals surface area contributed by atoms with Crippen LogP contribution in [0.2, 0.25) is 0 Å². The summed E-state index contributed by atoms with van der Waals surface area (Å²) in [4.78, 5) is 37.0. The fraction of sp³-hybridized carbons (Fsp3) is 0.333. The van der Waals surface area contributed by atoms with Crippen LogP contribution in [0.3, 0.4) is 0 Å². The van der Waals surface area contributed by atoms with E-state index >= 15 is 0 Å². The van der Waals surface area contributed by atoms with Crippen LogP contribution < -0.4 is 22.1 Å². The SMILES string of the molecule is CNCCSc1c(N)cc(Br)cc1CC(=O)c1cc(C(=O)C(C)c2cc(Br)cc(N)c2SCCNC)ncn1. The zero-order valence-corrected chi connectivity index (χ0v) is 26.8. The van der Waals surface area contributed by atoms with Crippen LogP contribution >= 0.6 is 55.4 Å². The van der Waals surface area contributed by atoms with Gasteiger partial charge in [-0.1, -0.05) is 38.8 Å². The number of carbonyl (C=O) groups excluding carboxylic acids is 2. The number of anilines is 2. The van der Waals surface area contributed by atoms with E-state index in [9.17, 15) is 9.59 Å². The first kappa shape index (κ1) is 31.6. The van der Waals surface area contributed by atoms with Gasteiger partial charge < -0.3 is 22.1 Å². The van der Waals surface area contributed by atoms with Crippen LogP contribution in [0.15, 0.2) is 55.4 Å². The predicted molar refractivity (Wildman–Crippen MR) is 169 cm³/mol. The van der Waals surface area contributed by atoms with Gasteiger partial charge in [0.1, 0.15) is 17.7 Å². The van der Waals surface area contributed by atoms with Crippen molar-refractivity contribution in [3.63, 3.8) is 0 Å². The molecular formula is C27H32Br2N6O2S2. The third kappa shape index (κ3) is 8.51. The Morgan fingerprint density at radius 2 is 1.44 bits per heavy atom. The van der Waals surface area contributed by atoms with Crippen molar-refractivity contribution in [2.45, 2.75) is 29.1 Å². The molecule has 0 amide bonds. The number of nitrogen functional groups attached to an aromatic ring is 2. The Hall–Kier alpha value is -1.96. The van der Waals surface area contributed by atoms with Crippen LogP contribution in [-0.2, 0) is 6.42 Å². The average molecular weight is 697 g/mol. The third-order valence-corrected chi connectivity index (χ3v) is 9.16. The minimum Gasteiger partial charge on any atom is -0.398 e. The molecule has 0 saturated heterocycles. The van der Waals surface area contributed by atoms with Crippen LogP contribution in [-0.4, -0.2) is 60.2 Å². The van der Waals surface area contributed by atoms with Crippen molar-refractivity contribution >= 4 is 78.3 Å². The molecule has 0 aliphatic rings. The van der Waals surface area contributed by atoms with Crippen molar-refractivity contribution < 1.29 is 9.59 Å². The number of rotatable bonds is 14.